The molecule has 1 aromatic heterocycles. The van der Waals surface area contributed by atoms with Crippen LogP contribution in [0.1, 0.15) is 0 Å². The average molecular weight is 194 g/mol. The fraction of sp³-hybridized carbons (Fsp3) is 0. The van der Waals surface area contributed by atoms with Gasteiger partial charge in [0.2, 0.25) is 6.08 Å². The molecule has 64 valence electrons. The summed E-state index contributed by atoms with van der Waals surface area (Å²) in [6.07, 6.45) is 1.44. The van der Waals surface area contributed by atoms with Gasteiger partial charge in [0.25, 0.3) is 0 Å². The molecule has 0 saturated carbocycles. The highest BCUT2D eigenvalue weighted by Crippen LogP contribution is 2.25. The zero-order valence-corrected chi connectivity index (χ0v) is 7.17. The van der Waals surface area contributed by atoms with Gasteiger partial charge in [0.05, 0.1) is 5.52 Å². The summed E-state index contributed by atoms with van der Waals surface area (Å²) < 4.78 is 0. The van der Waals surface area contributed by atoms with Crippen molar-refractivity contribution < 1.29 is 4.79 Å². The summed E-state index contributed by atoms with van der Waals surface area (Å²) >= 11 is 5.77. The zero-order chi connectivity index (χ0) is 9.26. The van der Waals surface area contributed by atoms with Crippen LogP contribution in [0.3, 0.4) is 0 Å². The number of isocyanates is 1. The number of halogens is 1. The highest BCUT2D eigenvalue weighted by atomic mass is 35.5. The Balaban J connectivity index is 2.78. The number of H-pyrrole nitrogens is 1. The van der Waals surface area contributed by atoms with Crippen molar-refractivity contribution >= 4 is 34.4 Å². The van der Waals surface area contributed by atoms with Crippen LogP contribution in [0.5, 0.6) is 0 Å². The maximum absolute atomic E-state index is 10.0. The standard InChI is InChI=1S/C8H4ClN3O/c9-5-1-2-7-6(3-5)8(10-4-13)12-11-7/h1-3H,(H,11,12). The molecule has 0 unspecified atom stereocenters. The number of hydrogen-bond acceptors (Lipinski definition) is 3. The summed E-state index contributed by atoms with van der Waals surface area (Å²) in [5.41, 5.74) is 0.721. The lowest BCUT2D eigenvalue weighted by Gasteiger charge is -1.88. The number of benzene rings is 1. The van der Waals surface area contributed by atoms with Gasteiger partial charge >= 0.3 is 0 Å². The van der Waals surface area contributed by atoms with E-state index in [1.54, 1.807) is 18.2 Å². The number of hydrogen-bond donors (Lipinski definition) is 1. The Hall–Kier alpha value is -1.64. The van der Waals surface area contributed by atoms with Crippen LogP contribution in [0, 0.1) is 0 Å². The van der Waals surface area contributed by atoms with Crippen LogP contribution in [0.2, 0.25) is 5.02 Å². The molecule has 4 nitrogen and oxygen atoms in total. The number of aromatic nitrogens is 2. The van der Waals surface area contributed by atoms with Crippen LogP contribution in [-0.2, 0) is 4.79 Å². The van der Waals surface area contributed by atoms with Crippen LogP contribution < -0.4 is 0 Å². The molecule has 0 amide bonds. The molecule has 0 aliphatic rings. The van der Waals surface area contributed by atoms with E-state index in [1.807, 2.05) is 0 Å². The summed E-state index contributed by atoms with van der Waals surface area (Å²) in [4.78, 5) is 13.5. The van der Waals surface area contributed by atoms with Crippen molar-refractivity contribution in [2.24, 2.45) is 4.99 Å². The molecule has 0 aliphatic carbocycles. The predicted molar refractivity (Wildman–Crippen MR) is 48.9 cm³/mol. The molecule has 0 aliphatic heterocycles. The van der Waals surface area contributed by atoms with Gasteiger partial charge in [-0.3, -0.25) is 5.10 Å². The van der Waals surface area contributed by atoms with Crippen LogP contribution in [0.25, 0.3) is 10.9 Å². The number of aromatic amines is 1. The van der Waals surface area contributed by atoms with E-state index in [1.165, 1.54) is 6.08 Å². The molecule has 5 heteroatoms. The van der Waals surface area contributed by atoms with E-state index in [4.69, 9.17) is 11.6 Å². The summed E-state index contributed by atoms with van der Waals surface area (Å²) in [5, 5.41) is 7.82. The van der Waals surface area contributed by atoms with Gasteiger partial charge in [0.15, 0.2) is 5.82 Å². The first-order chi connectivity index (χ1) is 6.31. The molecule has 1 aromatic carbocycles. The van der Waals surface area contributed by atoms with Crippen LogP contribution in [-0.4, -0.2) is 16.3 Å². The van der Waals surface area contributed by atoms with Crippen LogP contribution in [0.15, 0.2) is 23.2 Å². The van der Waals surface area contributed by atoms with Crippen LogP contribution in [0.4, 0.5) is 5.82 Å². The Morgan fingerprint density at radius 3 is 3.15 bits per heavy atom. The summed E-state index contributed by atoms with van der Waals surface area (Å²) in [6.45, 7) is 0. The minimum atomic E-state index is 0.382. The molecule has 1 N–H and O–H groups in total. The Morgan fingerprint density at radius 1 is 1.54 bits per heavy atom. The highest BCUT2D eigenvalue weighted by molar-refractivity contribution is 6.31. The van der Waals surface area contributed by atoms with Crippen molar-refractivity contribution in [3.8, 4) is 0 Å². The molecular formula is C8H4ClN3O. The van der Waals surface area contributed by atoms with E-state index >= 15 is 0 Å². The molecule has 1 heterocycles. The third-order valence-electron chi connectivity index (χ3n) is 1.65. The Morgan fingerprint density at radius 2 is 2.38 bits per heavy atom. The van der Waals surface area contributed by atoms with Gasteiger partial charge in [-0.15, -0.1) is 4.99 Å². The third-order valence-corrected chi connectivity index (χ3v) is 1.89. The van der Waals surface area contributed by atoms with Gasteiger partial charge in [-0.25, -0.2) is 4.79 Å². The zero-order valence-electron chi connectivity index (χ0n) is 6.41. The average Bonchev–Trinajstić information content (AvgIpc) is 2.49. The summed E-state index contributed by atoms with van der Waals surface area (Å²) in [7, 11) is 0. The first-order valence-electron chi connectivity index (χ1n) is 3.53. The minimum Gasteiger partial charge on any atom is -0.259 e. The number of aliphatic imine (C=N–C) groups is 1. The SMILES string of the molecule is O=C=Nc1[nH]nc2ccc(Cl)cc12. The first kappa shape index (κ1) is 7.98. The molecule has 0 atom stereocenters. The van der Waals surface area contributed by atoms with Gasteiger partial charge in [0, 0.05) is 10.4 Å². The van der Waals surface area contributed by atoms with E-state index in [9.17, 15) is 4.79 Å². The second-order valence-corrected chi connectivity index (χ2v) is 2.87. The fourth-order valence-corrected chi connectivity index (χ4v) is 1.27. The lowest BCUT2D eigenvalue weighted by Crippen LogP contribution is -1.66. The maximum Gasteiger partial charge on any atom is 0.242 e. The molecule has 2 aromatic rings. The second-order valence-electron chi connectivity index (χ2n) is 2.44. The lowest BCUT2D eigenvalue weighted by atomic mass is 10.2. The van der Waals surface area contributed by atoms with E-state index in [2.05, 4.69) is 15.2 Å². The smallest absolute Gasteiger partial charge is 0.242 e. The summed E-state index contributed by atoms with van der Waals surface area (Å²) in [6, 6.07) is 5.16. The molecular weight excluding hydrogens is 190 g/mol. The van der Waals surface area contributed by atoms with E-state index in [0.29, 0.717) is 10.8 Å². The monoisotopic (exact) mass is 193 g/mol. The van der Waals surface area contributed by atoms with E-state index < -0.39 is 0 Å². The van der Waals surface area contributed by atoms with E-state index in [-0.39, 0.29) is 0 Å². The topological polar surface area (TPSA) is 58.1 Å². The number of fused-ring (bicyclic) bond motifs is 1. The van der Waals surface area contributed by atoms with Crippen molar-refractivity contribution in [1.29, 1.82) is 0 Å². The van der Waals surface area contributed by atoms with Gasteiger partial charge in [-0.2, -0.15) is 5.10 Å². The normalized spacial score (nSPS) is 9.92. The van der Waals surface area contributed by atoms with Gasteiger partial charge in [0.1, 0.15) is 0 Å². The quantitative estimate of drug-likeness (QED) is 0.558. The van der Waals surface area contributed by atoms with Crippen molar-refractivity contribution in [3.63, 3.8) is 0 Å². The number of rotatable bonds is 1. The molecule has 2 rings (SSSR count). The van der Waals surface area contributed by atoms with E-state index in [0.717, 1.165) is 10.9 Å². The fourth-order valence-electron chi connectivity index (χ4n) is 1.10. The molecule has 0 bridgehead atoms. The maximum atomic E-state index is 10.0. The van der Waals surface area contributed by atoms with Crippen molar-refractivity contribution in [3.05, 3.63) is 23.2 Å². The number of nitrogens with zero attached hydrogens (tertiary/aromatic N) is 2. The Labute approximate surface area is 78.2 Å². The Kier molecular flexibility index (Phi) is 1.85. The molecule has 0 spiro atoms. The van der Waals surface area contributed by atoms with Crippen LogP contribution >= 0.6 is 11.6 Å². The first-order valence-corrected chi connectivity index (χ1v) is 3.90. The minimum absolute atomic E-state index is 0.382. The summed E-state index contributed by atoms with van der Waals surface area (Å²) in [5.74, 6) is 0.382. The van der Waals surface area contributed by atoms with Crippen molar-refractivity contribution in [1.82, 2.24) is 10.2 Å². The van der Waals surface area contributed by atoms with Crippen molar-refractivity contribution in [2.75, 3.05) is 0 Å². The molecule has 0 fully saturated rings. The van der Waals surface area contributed by atoms with Gasteiger partial charge in [-0.05, 0) is 18.2 Å². The lowest BCUT2D eigenvalue weighted by molar-refractivity contribution is 0.565. The predicted octanol–water partition coefficient (Wildman–Crippen LogP) is 2.18. The number of nitrogens with one attached hydrogen (secondary N) is 1. The molecule has 13 heavy (non-hydrogen) atoms. The molecule has 0 saturated heterocycles. The van der Waals surface area contributed by atoms with Crippen molar-refractivity contribution in [2.45, 2.75) is 0 Å². The second kappa shape index (κ2) is 3.01. The van der Waals surface area contributed by atoms with Gasteiger partial charge < -0.3 is 0 Å². The number of carbonyl (C=O) groups excluding carboxylic acids is 1. The molecule has 0 radical (unpaired) electrons. The highest BCUT2D eigenvalue weighted by Gasteiger charge is 2.03. The largest absolute Gasteiger partial charge is 0.259 e. The Bertz CT molecular complexity index is 499. The van der Waals surface area contributed by atoms with Gasteiger partial charge in [-0.1, -0.05) is 11.6 Å². The third kappa shape index (κ3) is 1.33.